The van der Waals surface area contributed by atoms with Crippen LogP contribution in [0.15, 0.2) is 36.7 Å². The molecule has 0 aromatic carbocycles. The van der Waals surface area contributed by atoms with E-state index in [1.165, 1.54) is 12.2 Å². The zero-order valence-corrected chi connectivity index (χ0v) is 15.2. The Bertz CT molecular complexity index is 545. The highest BCUT2D eigenvalue weighted by molar-refractivity contribution is 6.40. The standard InChI is InChI=1S/C17H25B2FN2O3/c1-12(6-7-13(2)20)9-22-10-14(24-11-17(22,18)19)8-21-15(23)25-16(3,4)5/h6-7,14H,1-2,8-11H2,3-5H3,(H,21,23)/b7-6-. The normalized spacial score (nSPS) is 21.0. The largest absolute Gasteiger partial charge is 0.444 e. The van der Waals surface area contributed by atoms with Gasteiger partial charge >= 0.3 is 6.09 Å². The van der Waals surface area contributed by atoms with Crippen LogP contribution in [0.5, 0.6) is 0 Å². The molecule has 0 aromatic rings. The molecule has 1 rings (SSSR count). The third-order valence-corrected chi connectivity index (χ3v) is 3.33. The Morgan fingerprint density at radius 2 is 2.08 bits per heavy atom. The van der Waals surface area contributed by atoms with E-state index in [1.807, 2.05) is 0 Å². The Morgan fingerprint density at radius 1 is 1.44 bits per heavy atom. The molecule has 1 atom stereocenters. The van der Waals surface area contributed by atoms with Crippen LogP contribution in [-0.2, 0) is 9.47 Å². The van der Waals surface area contributed by atoms with Crippen molar-refractivity contribution in [3.63, 3.8) is 0 Å². The number of halogens is 1. The van der Waals surface area contributed by atoms with Gasteiger partial charge in [0.1, 0.15) is 11.4 Å². The minimum Gasteiger partial charge on any atom is -0.444 e. The number of carbonyl (C=O) groups excluding carboxylic acids is 1. The van der Waals surface area contributed by atoms with Crippen molar-refractivity contribution in [2.45, 2.75) is 37.8 Å². The molecule has 1 fully saturated rings. The van der Waals surface area contributed by atoms with Crippen LogP contribution >= 0.6 is 0 Å². The van der Waals surface area contributed by atoms with Crippen LogP contribution in [0, 0.1) is 0 Å². The molecular weight excluding hydrogens is 321 g/mol. The van der Waals surface area contributed by atoms with Gasteiger partial charge in [0.15, 0.2) is 0 Å². The maximum Gasteiger partial charge on any atom is 0.407 e. The third kappa shape index (κ3) is 8.40. The number of ether oxygens (including phenoxy) is 2. The van der Waals surface area contributed by atoms with E-state index in [9.17, 15) is 9.18 Å². The number of nitrogens with zero attached hydrogens (tertiary/aromatic N) is 1. The fourth-order valence-electron chi connectivity index (χ4n) is 2.16. The minimum absolute atomic E-state index is 0.0838. The van der Waals surface area contributed by atoms with E-state index >= 15 is 0 Å². The van der Waals surface area contributed by atoms with Gasteiger partial charge in [0, 0.05) is 26.2 Å². The highest BCUT2D eigenvalue weighted by Gasteiger charge is 2.34. The summed E-state index contributed by atoms with van der Waals surface area (Å²) in [5.74, 6) is -0.561. The molecule has 0 aromatic heterocycles. The van der Waals surface area contributed by atoms with Crippen molar-refractivity contribution in [2.24, 2.45) is 0 Å². The van der Waals surface area contributed by atoms with E-state index in [0.717, 1.165) is 0 Å². The van der Waals surface area contributed by atoms with Gasteiger partial charge in [0.2, 0.25) is 0 Å². The van der Waals surface area contributed by atoms with Crippen LogP contribution in [0.1, 0.15) is 20.8 Å². The van der Waals surface area contributed by atoms with Crippen LogP contribution in [0.25, 0.3) is 0 Å². The number of amides is 1. The van der Waals surface area contributed by atoms with E-state index in [2.05, 4.69) is 18.5 Å². The van der Waals surface area contributed by atoms with Crippen molar-refractivity contribution >= 4 is 21.8 Å². The topological polar surface area (TPSA) is 50.8 Å². The highest BCUT2D eigenvalue weighted by Crippen LogP contribution is 2.19. The van der Waals surface area contributed by atoms with Crippen molar-refractivity contribution in [1.29, 1.82) is 0 Å². The van der Waals surface area contributed by atoms with Crippen LogP contribution in [-0.4, -0.2) is 70.0 Å². The lowest BCUT2D eigenvalue weighted by Gasteiger charge is -2.46. The fraction of sp³-hybridized carbons (Fsp3) is 0.588. The Kier molecular flexibility index (Phi) is 7.50. The van der Waals surface area contributed by atoms with Gasteiger partial charge in [-0.3, -0.25) is 0 Å². The van der Waals surface area contributed by atoms with Gasteiger partial charge in [-0.15, -0.1) is 0 Å². The average molecular weight is 346 g/mol. The molecule has 5 nitrogen and oxygen atoms in total. The molecule has 1 N–H and O–H groups in total. The molecule has 1 amide bonds. The number of rotatable bonds is 6. The molecule has 1 saturated heterocycles. The predicted molar refractivity (Wildman–Crippen MR) is 98.3 cm³/mol. The monoisotopic (exact) mass is 346 g/mol. The lowest BCUT2D eigenvalue weighted by Crippen LogP contribution is -2.62. The van der Waals surface area contributed by atoms with Gasteiger partial charge < -0.3 is 19.7 Å². The second kappa shape index (κ2) is 8.72. The number of allylic oxidation sites excluding steroid dienone is 2. The van der Waals surface area contributed by atoms with Crippen LogP contribution in [0.2, 0.25) is 0 Å². The van der Waals surface area contributed by atoms with Gasteiger partial charge in [0.25, 0.3) is 0 Å². The lowest BCUT2D eigenvalue weighted by atomic mass is 9.60. The van der Waals surface area contributed by atoms with Gasteiger partial charge in [-0.2, -0.15) is 0 Å². The average Bonchev–Trinajstić information content (AvgIpc) is 2.44. The number of morpholine rings is 1. The summed E-state index contributed by atoms with van der Waals surface area (Å²) in [5.41, 5.74) is 0.0531. The first-order valence-corrected chi connectivity index (χ1v) is 8.00. The molecule has 0 aliphatic carbocycles. The van der Waals surface area contributed by atoms with Crippen molar-refractivity contribution in [3.8, 4) is 0 Å². The summed E-state index contributed by atoms with van der Waals surface area (Å²) in [7, 11) is 12.1. The molecule has 0 saturated carbocycles. The quantitative estimate of drug-likeness (QED) is 0.589. The molecule has 4 radical (unpaired) electrons. The van der Waals surface area contributed by atoms with E-state index < -0.39 is 22.9 Å². The molecule has 134 valence electrons. The first kappa shape index (κ1) is 21.5. The molecule has 1 aliphatic heterocycles. The van der Waals surface area contributed by atoms with Gasteiger partial charge in [-0.1, -0.05) is 19.2 Å². The maximum absolute atomic E-state index is 12.7. The smallest absolute Gasteiger partial charge is 0.407 e. The van der Waals surface area contributed by atoms with E-state index in [-0.39, 0.29) is 19.3 Å². The molecule has 1 aliphatic rings. The van der Waals surface area contributed by atoms with Crippen molar-refractivity contribution in [2.75, 3.05) is 26.2 Å². The number of hydrogen-bond acceptors (Lipinski definition) is 4. The first-order chi connectivity index (χ1) is 11.4. The zero-order valence-electron chi connectivity index (χ0n) is 15.2. The van der Waals surface area contributed by atoms with E-state index in [4.69, 9.17) is 25.2 Å². The van der Waals surface area contributed by atoms with Crippen molar-refractivity contribution in [3.05, 3.63) is 36.7 Å². The van der Waals surface area contributed by atoms with Crippen LogP contribution in [0.4, 0.5) is 9.18 Å². The van der Waals surface area contributed by atoms with Gasteiger partial charge in [-0.25, -0.2) is 9.18 Å². The van der Waals surface area contributed by atoms with Gasteiger partial charge in [-0.05, 0) is 37.8 Å². The van der Waals surface area contributed by atoms with Gasteiger partial charge in [0.05, 0.1) is 21.8 Å². The highest BCUT2D eigenvalue weighted by atomic mass is 19.1. The number of alkyl carbamates (subject to hydrolysis) is 1. The summed E-state index contributed by atoms with van der Waals surface area (Å²) >= 11 is 0. The maximum atomic E-state index is 12.7. The molecule has 1 heterocycles. The zero-order chi connectivity index (χ0) is 19.3. The molecule has 0 bridgehead atoms. The summed E-state index contributed by atoms with van der Waals surface area (Å²) in [6.45, 7) is 13.4. The molecular formula is C17H25B2FN2O3. The van der Waals surface area contributed by atoms with Crippen molar-refractivity contribution in [1.82, 2.24) is 10.2 Å². The second-order valence-electron chi connectivity index (χ2n) is 7.13. The summed E-state index contributed by atoms with van der Waals surface area (Å²) in [6, 6.07) is 0. The summed E-state index contributed by atoms with van der Waals surface area (Å²) in [4.78, 5) is 13.5. The minimum atomic E-state index is -1.17. The molecule has 1 unspecified atom stereocenters. The predicted octanol–water partition coefficient (Wildman–Crippen LogP) is 1.80. The summed E-state index contributed by atoms with van der Waals surface area (Å²) in [5, 5.41) is 1.48. The van der Waals surface area contributed by atoms with E-state index in [1.54, 1.807) is 25.7 Å². The number of nitrogens with one attached hydrogen (secondary N) is 1. The number of hydrogen-bond donors (Lipinski definition) is 1. The third-order valence-electron chi connectivity index (χ3n) is 3.33. The lowest BCUT2D eigenvalue weighted by molar-refractivity contribution is -0.0497. The molecule has 8 heteroatoms. The molecule has 25 heavy (non-hydrogen) atoms. The second-order valence-corrected chi connectivity index (χ2v) is 7.13. The fourth-order valence-corrected chi connectivity index (χ4v) is 2.16. The van der Waals surface area contributed by atoms with Crippen LogP contribution < -0.4 is 5.32 Å². The first-order valence-electron chi connectivity index (χ1n) is 8.00. The Hall–Kier alpha value is -1.53. The SMILES string of the molecule is [B]C1([B])COC(CNC(=O)OC(C)(C)C)CN1CC(=C)/C=C\C(=C)F. The van der Waals surface area contributed by atoms with Crippen LogP contribution in [0.3, 0.4) is 0 Å². The number of carbonyl (C=O) groups is 1. The Balaban J connectivity index is 2.57. The van der Waals surface area contributed by atoms with Crippen molar-refractivity contribution < 1.29 is 18.7 Å². The summed E-state index contributed by atoms with van der Waals surface area (Å²) < 4.78 is 23.5. The Morgan fingerprint density at radius 3 is 2.64 bits per heavy atom. The summed E-state index contributed by atoms with van der Waals surface area (Å²) in [6.07, 6.45) is 1.91. The Labute approximate surface area is 152 Å². The molecule has 0 spiro atoms. The van der Waals surface area contributed by atoms with E-state index in [0.29, 0.717) is 18.7 Å².